The van der Waals surface area contributed by atoms with Gasteiger partial charge in [-0.3, -0.25) is 4.90 Å². The molecule has 21 heavy (non-hydrogen) atoms. The summed E-state index contributed by atoms with van der Waals surface area (Å²) in [5.41, 5.74) is 7.94. The fourth-order valence-electron chi connectivity index (χ4n) is 3.47. The molecule has 1 fully saturated rings. The van der Waals surface area contributed by atoms with Crippen molar-refractivity contribution in [1.82, 2.24) is 4.90 Å². The highest BCUT2D eigenvalue weighted by Crippen LogP contribution is 2.39. The molecule has 1 aromatic carbocycles. The van der Waals surface area contributed by atoms with Crippen LogP contribution in [0.25, 0.3) is 0 Å². The van der Waals surface area contributed by atoms with E-state index < -0.39 is 0 Å². The standard InChI is InChI=1S/C19H32N2/c1-16(2)21(13-18-7-5-4-6-8-18)15-19(14-20)11-9-17(3)10-12-19/h4-8,16-17H,9-15,20H2,1-3H3. The highest BCUT2D eigenvalue weighted by molar-refractivity contribution is 5.14. The van der Waals surface area contributed by atoms with Crippen molar-refractivity contribution in [1.29, 1.82) is 0 Å². The molecule has 0 aromatic heterocycles. The summed E-state index contributed by atoms with van der Waals surface area (Å²) in [5, 5.41) is 0. The van der Waals surface area contributed by atoms with Gasteiger partial charge in [-0.25, -0.2) is 0 Å². The molecular formula is C19H32N2. The molecule has 0 bridgehead atoms. The maximum absolute atomic E-state index is 6.20. The molecule has 0 spiro atoms. The normalized spacial score (nSPS) is 26.5. The average molecular weight is 288 g/mol. The Balaban J connectivity index is 2.04. The number of hydrogen-bond acceptors (Lipinski definition) is 2. The van der Waals surface area contributed by atoms with Gasteiger partial charge in [-0.15, -0.1) is 0 Å². The van der Waals surface area contributed by atoms with Crippen molar-refractivity contribution < 1.29 is 0 Å². The first-order valence-electron chi connectivity index (χ1n) is 8.53. The van der Waals surface area contributed by atoms with Crippen molar-refractivity contribution in [3.05, 3.63) is 35.9 Å². The predicted molar refractivity (Wildman–Crippen MR) is 91.1 cm³/mol. The second kappa shape index (κ2) is 7.42. The van der Waals surface area contributed by atoms with Gasteiger partial charge in [0.15, 0.2) is 0 Å². The molecule has 1 aliphatic rings. The summed E-state index contributed by atoms with van der Waals surface area (Å²) in [4.78, 5) is 2.61. The van der Waals surface area contributed by atoms with Crippen molar-refractivity contribution >= 4 is 0 Å². The molecule has 0 unspecified atom stereocenters. The van der Waals surface area contributed by atoms with Crippen molar-refractivity contribution in [2.45, 2.75) is 59.0 Å². The van der Waals surface area contributed by atoms with Crippen LogP contribution in [0.2, 0.25) is 0 Å². The van der Waals surface area contributed by atoms with Crippen LogP contribution in [0.3, 0.4) is 0 Å². The van der Waals surface area contributed by atoms with Gasteiger partial charge in [0.2, 0.25) is 0 Å². The number of rotatable bonds is 6. The molecule has 2 N–H and O–H groups in total. The molecule has 2 rings (SSSR count). The Labute approximate surface area is 130 Å². The van der Waals surface area contributed by atoms with Gasteiger partial charge in [0.25, 0.3) is 0 Å². The van der Waals surface area contributed by atoms with E-state index in [0.717, 1.165) is 25.6 Å². The predicted octanol–water partition coefficient (Wildman–Crippen LogP) is 4.05. The zero-order valence-electron chi connectivity index (χ0n) is 14.0. The molecule has 118 valence electrons. The maximum Gasteiger partial charge on any atom is 0.0236 e. The number of nitrogens with two attached hydrogens (primary N) is 1. The van der Waals surface area contributed by atoms with E-state index >= 15 is 0 Å². The minimum atomic E-state index is 0.339. The summed E-state index contributed by atoms with van der Waals surface area (Å²) in [5.74, 6) is 0.881. The molecule has 0 amide bonds. The Bertz CT molecular complexity index is 405. The summed E-state index contributed by atoms with van der Waals surface area (Å²) in [7, 11) is 0. The van der Waals surface area contributed by atoms with Gasteiger partial charge < -0.3 is 5.73 Å². The second-order valence-corrected chi connectivity index (χ2v) is 7.37. The fraction of sp³-hybridized carbons (Fsp3) is 0.684. The molecule has 0 atom stereocenters. The van der Waals surface area contributed by atoms with E-state index in [2.05, 4.69) is 56.0 Å². The molecule has 1 aromatic rings. The van der Waals surface area contributed by atoms with Gasteiger partial charge in [-0.1, -0.05) is 50.1 Å². The first-order chi connectivity index (χ1) is 10.0. The van der Waals surface area contributed by atoms with Crippen LogP contribution in [0.4, 0.5) is 0 Å². The topological polar surface area (TPSA) is 29.3 Å². The van der Waals surface area contributed by atoms with Crippen LogP contribution in [-0.2, 0) is 6.54 Å². The Morgan fingerprint density at radius 1 is 1.19 bits per heavy atom. The molecule has 0 heterocycles. The number of hydrogen-bond donors (Lipinski definition) is 1. The van der Waals surface area contributed by atoms with Gasteiger partial charge >= 0.3 is 0 Å². The summed E-state index contributed by atoms with van der Waals surface area (Å²) in [6.07, 6.45) is 5.27. The Hall–Kier alpha value is -0.860. The lowest BCUT2D eigenvalue weighted by molar-refractivity contribution is 0.0730. The Morgan fingerprint density at radius 2 is 1.81 bits per heavy atom. The van der Waals surface area contributed by atoms with E-state index in [1.165, 1.54) is 31.2 Å². The first kappa shape index (κ1) is 16.5. The number of benzene rings is 1. The Morgan fingerprint density at radius 3 is 2.33 bits per heavy atom. The number of nitrogens with zero attached hydrogens (tertiary/aromatic N) is 1. The lowest BCUT2D eigenvalue weighted by Gasteiger charge is -2.43. The monoisotopic (exact) mass is 288 g/mol. The van der Waals surface area contributed by atoms with E-state index in [-0.39, 0.29) is 0 Å². The summed E-state index contributed by atoms with van der Waals surface area (Å²) < 4.78 is 0. The van der Waals surface area contributed by atoms with E-state index in [1.54, 1.807) is 0 Å². The zero-order chi connectivity index (χ0) is 15.3. The smallest absolute Gasteiger partial charge is 0.0236 e. The molecule has 0 aliphatic heterocycles. The third kappa shape index (κ3) is 4.55. The molecule has 2 nitrogen and oxygen atoms in total. The zero-order valence-corrected chi connectivity index (χ0v) is 14.0. The highest BCUT2D eigenvalue weighted by Gasteiger charge is 2.35. The maximum atomic E-state index is 6.20. The lowest BCUT2D eigenvalue weighted by Crippen LogP contribution is -2.46. The van der Waals surface area contributed by atoms with E-state index in [1.807, 2.05) is 0 Å². The highest BCUT2D eigenvalue weighted by atomic mass is 15.2. The molecule has 1 saturated carbocycles. The van der Waals surface area contributed by atoms with Gasteiger partial charge in [0.1, 0.15) is 0 Å². The van der Waals surface area contributed by atoms with Crippen molar-refractivity contribution in [3.63, 3.8) is 0 Å². The molecule has 0 radical (unpaired) electrons. The summed E-state index contributed by atoms with van der Waals surface area (Å²) >= 11 is 0. The van der Waals surface area contributed by atoms with Gasteiger partial charge in [-0.05, 0) is 50.1 Å². The third-order valence-electron chi connectivity index (χ3n) is 5.27. The van der Waals surface area contributed by atoms with E-state index in [9.17, 15) is 0 Å². The van der Waals surface area contributed by atoms with Crippen molar-refractivity contribution in [3.8, 4) is 0 Å². The van der Waals surface area contributed by atoms with Gasteiger partial charge in [0, 0.05) is 19.1 Å². The van der Waals surface area contributed by atoms with Crippen LogP contribution in [0.5, 0.6) is 0 Å². The van der Waals surface area contributed by atoms with Crippen molar-refractivity contribution in [2.24, 2.45) is 17.1 Å². The Kier molecular flexibility index (Phi) is 5.83. The van der Waals surface area contributed by atoms with Crippen LogP contribution in [0.1, 0.15) is 52.0 Å². The summed E-state index contributed by atoms with van der Waals surface area (Å²) in [6, 6.07) is 11.4. The third-order valence-corrected chi connectivity index (χ3v) is 5.27. The molecule has 2 heteroatoms. The van der Waals surface area contributed by atoms with Crippen LogP contribution in [0, 0.1) is 11.3 Å². The van der Waals surface area contributed by atoms with E-state index in [4.69, 9.17) is 5.73 Å². The molecular weight excluding hydrogens is 256 g/mol. The molecule has 1 aliphatic carbocycles. The van der Waals surface area contributed by atoms with Crippen LogP contribution < -0.4 is 5.73 Å². The largest absolute Gasteiger partial charge is 0.330 e. The SMILES string of the molecule is CC1CCC(CN)(CN(Cc2ccccc2)C(C)C)CC1. The van der Waals surface area contributed by atoms with Crippen LogP contribution in [0.15, 0.2) is 30.3 Å². The average Bonchev–Trinajstić information content (AvgIpc) is 2.50. The van der Waals surface area contributed by atoms with Gasteiger partial charge in [-0.2, -0.15) is 0 Å². The van der Waals surface area contributed by atoms with Crippen LogP contribution >= 0.6 is 0 Å². The summed E-state index contributed by atoms with van der Waals surface area (Å²) in [6.45, 7) is 10.00. The fourth-order valence-corrected chi connectivity index (χ4v) is 3.47. The van der Waals surface area contributed by atoms with Crippen molar-refractivity contribution in [2.75, 3.05) is 13.1 Å². The minimum absolute atomic E-state index is 0.339. The first-order valence-corrected chi connectivity index (χ1v) is 8.53. The van der Waals surface area contributed by atoms with E-state index in [0.29, 0.717) is 11.5 Å². The minimum Gasteiger partial charge on any atom is -0.330 e. The molecule has 0 saturated heterocycles. The van der Waals surface area contributed by atoms with Gasteiger partial charge in [0.05, 0.1) is 0 Å². The second-order valence-electron chi connectivity index (χ2n) is 7.37. The quantitative estimate of drug-likeness (QED) is 0.855. The lowest BCUT2D eigenvalue weighted by atomic mass is 9.70. The van der Waals surface area contributed by atoms with Crippen LogP contribution in [-0.4, -0.2) is 24.0 Å².